The van der Waals surface area contributed by atoms with Gasteiger partial charge in [0.25, 0.3) is 0 Å². The number of rotatable bonds is 5. The average molecular weight is 425 g/mol. The Morgan fingerprint density at radius 2 is 1.86 bits per heavy atom. The van der Waals surface area contributed by atoms with Crippen LogP contribution < -0.4 is 5.32 Å². The monoisotopic (exact) mass is 424 g/mol. The number of hydrogen-bond acceptors (Lipinski definition) is 4. The Labute approximate surface area is 170 Å². The molecule has 0 unspecified atom stereocenters. The summed E-state index contributed by atoms with van der Waals surface area (Å²) in [6.07, 6.45) is 2.79. The molecule has 1 saturated heterocycles. The molecule has 7 nitrogen and oxygen atoms in total. The first-order valence-electron chi connectivity index (χ1n) is 9.30. The van der Waals surface area contributed by atoms with Gasteiger partial charge in [-0.05, 0) is 57.4 Å². The number of aromatic nitrogens is 2. The molecule has 0 spiro atoms. The minimum absolute atomic E-state index is 0.0652. The van der Waals surface area contributed by atoms with Gasteiger partial charge in [-0.25, -0.2) is 8.42 Å². The van der Waals surface area contributed by atoms with E-state index in [1.165, 1.54) is 8.99 Å². The Morgan fingerprint density at radius 1 is 1.18 bits per heavy atom. The van der Waals surface area contributed by atoms with Crippen LogP contribution in [0.2, 0.25) is 5.02 Å². The minimum Gasteiger partial charge on any atom is -0.324 e. The van der Waals surface area contributed by atoms with Crippen LogP contribution in [0.4, 0.5) is 5.69 Å². The Morgan fingerprint density at radius 3 is 2.50 bits per heavy atom. The van der Waals surface area contributed by atoms with Crippen LogP contribution in [0, 0.1) is 20.8 Å². The third kappa shape index (κ3) is 4.24. The molecule has 0 atom stereocenters. The van der Waals surface area contributed by atoms with Crippen LogP contribution in [0.3, 0.4) is 0 Å². The molecule has 0 aliphatic carbocycles. The summed E-state index contributed by atoms with van der Waals surface area (Å²) in [7, 11) is -3.61. The van der Waals surface area contributed by atoms with Crippen LogP contribution in [-0.2, 0) is 21.4 Å². The van der Waals surface area contributed by atoms with Crippen molar-refractivity contribution in [1.29, 1.82) is 0 Å². The highest BCUT2D eigenvalue weighted by molar-refractivity contribution is 7.89. The van der Waals surface area contributed by atoms with Gasteiger partial charge in [-0.3, -0.25) is 9.48 Å². The van der Waals surface area contributed by atoms with E-state index in [-0.39, 0.29) is 17.3 Å². The molecule has 3 rings (SSSR count). The lowest BCUT2D eigenvalue weighted by atomic mass is 10.2. The normalized spacial score (nSPS) is 15.6. The topological polar surface area (TPSA) is 84.3 Å². The molecule has 152 valence electrons. The van der Waals surface area contributed by atoms with Crippen LogP contribution in [0.15, 0.2) is 23.1 Å². The summed E-state index contributed by atoms with van der Waals surface area (Å²) in [6.45, 7) is 6.21. The van der Waals surface area contributed by atoms with E-state index >= 15 is 0 Å². The molecule has 0 radical (unpaired) electrons. The van der Waals surface area contributed by atoms with Crippen molar-refractivity contribution >= 4 is 33.2 Å². The highest BCUT2D eigenvalue weighted by Crippen LogP contribution is 2.26. The van der Waals surface area contributed by atoms with Gasteiger partial charge in [0, 0.05) is 23.8 Å². The van der Waals surface area contributed by atoms with Crippen molar-refractivity contribution in [2.45, 2.75) is 51.5 Å². The van der Waals surface area contributed by atoms with Crippen LogP contribution >= 0.6 is 11.6 Å². The molecule has 1 N–H and O–H groups in total. The maximum absolute atomic E-state index is 13.1. The van der Waals surface area contributed by atoms with Gasteiger partial charge in [0.1, 0.15) is 11.4 Å². The average Bonchev–Trinajstić information content (AvgIpc) is 2.92. The zero-order chi connectivity index (χ0) is 20.5. The Balaban J connectivity index is 1.80. The number of sulfonamides is 1. The molecule has 1 aliphatic rings. The van der Waals surface area contributed by atoms with E-state index < -0.39 is 10.0 Å². The maximum Gasteiger partial charge on any atom is 0.246 e. The van der Waals surface area contributed by atoms with Gasteiger partial charge in [-0.2, -0.15) is 9.40 Å². The molecular weight excluding hydrogens is 400 g/mol. The fourth-order valence-corrected chi connectivity index (χ4v) is 5.65. The standard InChI is InChI=1S/C19H25ClN4O3S/c1-13-11-16(20)7-8-17(13)21-18(25)12-24-15(3)19(14(2)22-24)28(26,27)23-9-5-4-6-10-23/h7-8,11H,4-6,9-10,12H2,1-3H3,(H,21,25). The van der Waals surface area contributed by atoms with Crippen molar-refractivity contribution in [2.24, 2.45) is 0 Å². The van der Waals surface area contributed by atoms with E-state index in [1.807, 2.05) is 6.92 Å². The summed E-state index contributed by atoms with van der Waals surface area (Å²) < 4.78 is 29.1. The van der Waals surface area contributed by atoms with Crippen molar-refractivity contribution < 1.29 is 13.2 Å². The second kappa shape index (κ2) is 8.23. The maximum atomic E-state index is 13.1. The van der Waals surface area contributed by atoms with E-state index in [0.29, 0.717) is 35.2 Å². The van der Waals surface area contributed by atoms with Gasteiger partial charge in [0.05, 0.1) is 11.4 Å². The quantitative estimate of drug-likeness (QED) is 0.798. The summed E-state index contributed by atoms with van der Waals surface area (Å²) in [5.74, 6) is -0.280. The van der Waals surface area contributed by atoms with Crippen LogP contribution in [-0.4, -0.2) is 41.5 Å². The van der Waals surface area contributed by atoms with E-state index in [2.05, 4.69) is 10.4 Å². The lowest BCUT2D eigenvalue weighted by Gasteiger charge is -2.25. The summed E-state index contributed by atoms with van der Waals surface area (Å²) in [6, 6.07) is 5.21. The molecule has 1 aliphatic heterocycles. The number of benzene rings is 1. The second-order valence-electron chi connectivity index (χ2n) is 7.13. The van der Waals surface area contributed by atoms with Gasteiger partial charge in [-0.1, -0.05) is 18.0 Å². The zero-order valence-electron chi connectivity index (χ0n) is 16.3. The molecule has 28 heavy (non-hydrogen) atoms. The van der Waals surface area contributed by atoms with Crippen molar-refractivity contribution in [2.75, 3.05) is 18.4 Å². The summed E-state index contributed by atoms with van der Waals surface area (Å²) in [5.41, 5.74) is 2.41. The Bertz CT molecular complexity index is 995. The number of nitrogens with one attached hydrogen (secondary N) is 1. The number of anilines is 1. The molecule has 1 amide bonds. The first kappa shape index (κ1) is 20.8. The largest absolute Gasteiger partial charge is 0.324 e. The smallest absolute Gasteiger partial charge is 0.246 e. The molecular formula is C19H25ClN4O3S. The molecule has 1 aromatic carbocycles. The number of piperidine rings is 1. The number of amides is 1. The number of carbonyl (C=O) groups is 1. The minimum atomic E-state index is -3.61. The molecule has 0 bridgehead atoms. The lowest BCUT2D eigenvalue weighted by Crippen LogP contribution is -2.36. The predicted molar refractivity (Wildman–Crippen MR) is 109 cm³/mol. The summed E-state index contributed by atoms with van der Waals surface area (Å²) in [5, 5.41) is 7.74. The van der Waals surface area contributed by atoms with Crippen molar-refractivity contribution in [3.05, 3.63) is 40.2 Å². The van der Waals surface area contributed by atoms with Gasteiger partial charge in [0.2, 0.25) is 15.9 Å². The van der Waals surface area contributed by atoms with Crippen molar-refractivity contribution in [3.63, 3.8) is 0 Å². The molecule has 0 saturated carbocycles. The molecule has 9 heteroatoms. The van der Waals surface area contributed by atoms with Crippen LogP contribution in [0.1, 0.15) is 36.2 Å². The van der Waals surface area contributed by atoms with E-state index in [4.69, 9.17) is 11.6 Å². The number of aryl methyl sites for hydroxylation is 2. The predicted octanol–water partition coefficient (Wildman–Crippen LogP) is 3.28. The Kier molecular flexibility index (Phi) is 6.12. The third-order valence-corrected chi connectivity index (χ3v) is 7.37. The number of carbonyl (C=O) groups excluding carboxylic acids is 1. The van der Waals surface area contributed by atoms with Gasteiger partial charge in [0.15, 0.2) is 0 Å². The first-order valence-corrected chi connectivity index (χ1v) is 11.1. The first-order chi connectivity index (χ1) is 13.2. The number of nitrogens with zero attached hydrogens (tertiary/aromatic N) is 3. The number of halogens is 1. The van der Waals surface area contributed by atoms with Crippen LogP contribution in [0.25, 0.3) is 0 Å². The third-order valence-electron chi connectivity index (χ3n) is 4.98. The SMILES string of the molecule is Cc1cc(Cl)ccc1NC(=O)Cn1nc(C)c(S(=O)(=O)N2CCCCC2)c1C. The Hall–Kier alpha value is -1.90. The highest BCUT2D eigenvalue weighted by atomic mass is 35.5. The zero-order valence-corrected chi connectivity index (χ0v) is 17.9. The summed E-state index contributed by atoms with van der Waals surface area (Å²) >= 11 is 5.94. The molecule has 2 heterocycles. The second-order valence-corrected chi connectivity index (χ2v) is 9.44. The lowest BCUT2D eigenvalue weighted by molar-refractivity contribution is -0.116. The van der Waals surface area contributed by atoms with Crippen LogP contribution in [0.5, 0.6) is 0 Å². The fraction of sp³-hybridized carbons (Fsp3) is 0.474. The van der Waals surface area contributed by atoms with E-state index in [1.54, 1.807) is 32.0 Å². The molecule has 1 aromatic heterocycles. The van der Waals surface area contributed by atoms with E-state index in [9.17, 15) is 13.2 Å². The highest BCUT2D eigenvalue weighted by Gasteiger charge is 2.32. The fourth-order valence-electron chi connectivity index (χ4n) is 3.54. The summed E-state index contributed by atoms with van der Waals surface area (Å²) in [4.78, 5) is 12.7. The van der Waals surface area contributed by atoms with Crippen molar-refractivity contribution in [1.82, 2.24) is 14.1 Å². The van der Waals surface area contributed by atoms with Gasteiger partial charge in [-0.15, -0.1) is 0 Å². The number of hydrogen-bond donors (Lipinski definition) is 1. The van der Waals surface area contributed by atoms with Gasteiger partial charge < -0.3 is 5.32 Å². The van der Waals surface area contributed by atoms with E-state index in [0.717, 1.165) is 24.8 Å². The molecule has 2 aromatic rings. The van der Waals surface area contributed by atoms with Gasteiger partial charge >= 0.3 is 0 Å². The van der Waals surface area contributed by atoms with Crippen molar-refractivity contribution in [3.8, 4) is 0 Å². The molecule has 1 fully saturated rings.